The highest BCUT2D eigenvalue weighted by molar-refractivity contribution is 5.98. The second kappa shape index (κ2) is 6.55. The van der Waals surface area contributed by atoms with Gasteiger partial charge in [0.2, 0.25) is 0 Å². The fraction of sp³-hybridized carbons (Fsp3) is 0.600. The van der Waals surface area contributed by atoms with Crippen LogP contribution in [0, 0.1) is 5.92 Å². The number of pyridine rings is 1. The van der Waals surface area contributed by atoms with Crippen LogP contribution in [0.5, 0.6) is 0 Å². The Balaban J connectivity index is 2.10. The third-order valence-corrected chi connectivity index (χ3v) is 3.73. The summed E-state index contributed by atoms with van der Waals surface area (Å²) < 4.78 is 0. The standard InChI is InChI=1S/C15H23N3O/c1-3-8-16-14-13(6-5-9-17-14)15(19)18-10-7-12(4-2)11-18/h5-6,9,12H,3-4,7-8,10-11H2,1-2H3,(H,16,17). The van der Waals surface area contributed by atoms with Crippen molar-refractivity contribution in [3.05, 3.63) is 23.9 Å². The maximum atomic E-state index is 12.5. The van der Waals surface area contributed by atoms with Crippen LogP contribution in [-0.2, 0) is 0 Å². The molecular weight excluding hydrogens is 238 g/mol. The minimum atomic E-state index is 0.114. The molecule has 1 aliphatic heterocycles. The Labute approximate surface area is 115 Å². The van der Waals surface area contributed by atoms with E-state index in [-0.39, 0.29) is 5.91 Å². The van der Waals surface area contributed by atoms with Crippen molar-refractivity contribution in [2.45, 2.75) is 33.1 Å². The van der Waals surface area contributed by atoms with Gasteiger partial charge in [0.25, 0.3) is 5.91 Å². The molecule has 1 aliphatic rings. The van der Waals surface area contributed by atoms with Crippen LogP contribution >= 0.6 is 0 Å². The lowest BCUT2D eigenvalue weighted by Crippen LogP contribution is -2.29. The van der Waals surface area contributed by atoms with Crippen LogP contribution in [0.25, 0.3) is 0 Å². The first kappa shape index (κ1) is 13.8. The van der Waals surface area contributed by atoms with Gasteiger partial charge in [0.15, 0.2) is 0 Å². The molecule has 1 fully saturated rings. The Kier molecular flexibility index (Phi) is 4.77. The zero-order valence-corrected chi connectivity index (χ0v) is 11.9. The number of aromatic nitrogens is 1. The van der Waals surface area contributed by atoms with Crippen molar-refractivity contribution in [1.82, 2.24) is 9.88 Å². The Morgan fingerprint density at radius 2 is 2.37 bits per heavy atom. The quantitative estimate of drug-likeness (QED) is 0.886. The van der Waals surface area contributed by atoms with Gasteiger partial charge in [-0.2, -0.15) is 0 Å². The molecule has 1 aromatic rings. The van der Waals surface area contributed by atoms with E-state index >= 15 is 0 Å². The van der Waals surface area contributed by atoms with Crippen LogP contribution < -0.4 is 5.32 Å². The largest absolute Gasteiger partial charge is 0.369 e. The topological polar surface area (TPSA) is 45.2 Å². The van der Waals surface area contributed by atoms with Crippen LogP contribution in [0.4, 0.5) is 5.82 Å². The van der Waals surface area contributed by atoms with E-state index in [0.29, 0.717) is 17.3 Å². The van der Waals surface area contributed by atoms with Crippen molar-refractivity contribution < 1.29 is 4.79 Å². The summed E-state index contributed by atoms with van der Waals surface area (Å²) in [7, 11) is 0. The summed E-state index contributed by atoms with van der Waals surface area (Å²) in [6.45, 7) is 6.90. The molecule has 0 spiro atoms. The summed E-state index contributed by atoms with van der Waals surface area (Å²) in [5.41, 5.74) is 0.702. The molecule has 4 heteroatoms. The number of hydrogen-bond donors (Lipinski definition) is 1. The molecule has 1 unspecified atom stereocenters. The monoisotopic (exact) mass is 261 g/mol. The number of rotatable bonds is 5. The number of carbonyl (C=O) groups is 1. The summed E-state index contributed by atoms with van der Waals surface area (Å²) in [6.07, 6.45) is 5.03. The Hall–Kier alpha value is -1.58. The number of carbonyl (C=O) groups excluding carboxylic acids is 1. The van der Waals surface area contributed by atoms with Crippen molar-refractivity contribution in [2.24, 2.45) is 5.92 Å². The highest BCUT2D eigenvalue weighted by Gasteiger charge is 2.27. The van der Waals surface area contributed by atoms with Crippen molar-refractivity contribution in [3.63, 3.8) is 0 Å². The molecule has 2 heterocycles. The second-order valence-electron chi connectivity index (χ2n) is 5.14. The molecule has 0 aliphatic carbocycles. The maximum Gasteiger partial charge on any atom is 0.257 e. The summed E-state index contributed by atoms with van der Waals surface area (Å²) in [4.78, 5) is 18.8. The van der Waals surface area contributed by atoms with Gasteiger partial charge in [-0.05, 0) is 30.9 Å². The Morgan fingerprint density at radius 1 is 1.53 bits per heavy atom. The van der Waals surface area contributed by atoms with Crippen LogP contribution in [0.3, 0.4) is 0 Å². The van der Waals surface area contributed by atoms with E-state index in [1.807, 2.05) is 17.0 Å². The molecule has 2 rings (SSSR count). The molecule has 4 nitrogen and oxygen atoms in total. The molecule has 0 saturated carbocycles. The molecule has 104 valence electrons. The number of anilines is 1. The predicted molar refractivity (Wildman–Crippen MR) is 77.3 cm³/mol. The lowest BCUT2D eigenvalue weighted by molar-refractivity contribution is 0.0787. The van der Waals surface area contributed by atoms with Gasteiger partial charge >= 0.3 is 0 Å². The van der Waals surface area contributed by atoms with Gasteiger partial charge in [0.1, 0.15) is 5.82 Å². The average Bonchev–Trinajstić information content (AvgIpc) is 2.93. The number of hydrogen-bond acceptors (Lipinski definition) is 3. The number of amides is 1. The molecular formula is C15H23N3O. The minimum Gasteiger partial charge on any atom is -0.369 e. The normalized spacial score (nSPS) is 18.6. The average molecular weight is 261 g/mol. The fourth-order valence-corrected chi connectivity index (χ4v) is 2.48. The molecule has 1 atom stereocenters. The summed E-state index contributed by atoms with van der Waals surface area (Å²) in [6, 6.07) is 3.70. The van der Waals surface area contributed by atoms with Gasteiger partial charge in [-0.3, -0.25) is 4.79 Å². The first-order valence-corrected chi connectivity index (χ1v) is 7.24. The zero-order valence-electron chi connectivity index (χ0n) is 11.9. The van der Waals surface area contributed by atoms with E-state index in [0.717, 1.165) is 38.9 Å². The molecule has 1 amide bonds. The van der Waals surface area contributed by atoms with Gasteiger partial charge in [-0.1, -0.05) is 20.3 Å². The van der Waals surface area contributed by atoms with Crippen LogP contribution in [0.15, 0.2) is 18.3 Å². The summed E-state index contributed by atoms with van der Waals surface area (Å²) >= 11 is 0. The second-order valence-corrected chi connectivity index (χ2v) is 5.14. The first-order chi connectivity index (χ1) is 9.26. The van der Waals surface area contributed by atoms with Crippen LogP contribution in [0.1, 0.15) is 43.5 Å². The summed E-state index contributed by atoms with van der Waals surface area (Å²) in [5.74, 6) is 1.49. The van der Waals surface area contributed by atoms with Crippen molar-refractivity contribution in [1.29, 1.82) is 0 Å². The first-order valence-electron chi connectivity index (χ1n) is 7.24. The molecule has 19 heavy (non-hydrogen) atoms. The highest BCUT2D eigenvalue weighted by Crippen LogP contribution is 2.23. The van der Waals surface area contributed by atoms with Gasteiger partial charge in [0.05, 0.1) is 5.56 Å². The lowest BCUT2D eigenvalue weighted by Gasteiger charge is -2.18. The fourth-order valence-electron chi connectivity index (χ4n) is 2.48. The molecule has 1 N–H and O–H groups in total. The predicted octanol–water partition coefficient (Wildman–Crippen LogP) is 2.78. The number of likely N-dealkylation sites (tertiary alicyclic amines) is 1. The molecule has 1 aromatic heterocycles. The minimum absolute atomic E-state index is 0.114. The molecule has 0 radical (unpaired) electrons. The van der Waals surface area contributed by atoms with Crippen molar-refractivity contribution in [3.8, 4) is 0 Å². The van der Waals surface area contributed by atoms with Crippen LogP contribution in [-0.4, -0.2) is 35.4 Å². The van der Waals surface area contributed by atoms with E-state index in [9.17, 15) is 4.79 Å². The van der Waals surface area contributed by atoms with E-state index in [4.69, 9.17) is 0 Å². The van der Waals surface area contributed by atoms with Gasteiger partial charge < -0.3 is 10.2 Å². The SMILES string of the molecule is CCCNc1ncccc1C(=O)N1CCC(CC)C1. The molecule has 0 bridgehead atoms. The van der Waals surface area contributed by atoms with Gasteiger partial charge in [-0.25, -0.2) is 4.98 Å². The van der Waals surface area contributed by atoms with Gasteiger partial charge in [-0.15, -0.1) is 0 Å². The third kappa shape index (κ3) is 3.25. The van der Waals surface area contributed by atoms with Crippen molar-refractivity contribution in [2.75, 3.05) is 25.0 Å². The summed E-state index contributed by atoms with van der Waals surface area (Å²) in [5, 5.41) is 3.23. The van der Waals surface area contributed by atoms with E-state index in [1.165, 1.54) is 0 Å². The Bertz CT molecular complexity index is 433. The van der Waals surface area contributed by atoms with Gasteiger partial charge in [0, 0.05) is 25.8 Å². The Morgan fingerprint density at radius 3 is 3.05 bits per heavy atom. The number of nitrogens with zero attached hydrogens (tertiary/aromatic N) is 2. The van der Waals surface area contributed by atoms with Crippen molar-refractivity contribution >= 4 is 11.7 Å². The van der Waals surface area contributed by atoms with E-state index in [1.54, 1.807) is 6.20 Å². The highest BCUT2D eigenvalue weighted by atomic mass is 16.2. The smallest absolute Gasteiger partial charge is 0.257 e. The molecule has 0 aromatic carbocycles. The lowest BCUT2D eigenvalue weighted by atomic mass is 10.1. The van der Waals surface area contributed by atoms with Crippen LogP contribution in [0.2, 0.25) is 0 Å². The maximum absolute atomic E-state index is 12.5. The number of nitrogens with one attached hydrogen (secondary N) is 1. The van der Waals surface area contributed by atoms with E-state index in [2.05, 4.69) is 24.1 Å². The third-order valence-electron chi connectivity index (χ3n) is 3.73. The van der Waals surface area contributed by atoms with E-state index < -0.39 is 0 Å². The zero-order chi connectivity index (χ0) is 13.7. The molecule has 1 saturated heterocycles.